The Kier molecular flexibility index (Phi) is 5.57. The van der Waals surface area contributed by atoms with Crippen LogP contribution in [0, 0.1) is 0 Å². The zero-order valence-electron chi connectivity index (χ0n) is 16.9. The van der Waals surface area contributed by atoms with Gasteiger partial charge in [0.15, 0.2) is 5.76 Å². The largest absolute Gasteiger partial charge is 0.452 e. The van der Waals surface area contributed by atoms with Gasteiger partial charge in [0.05, 0.1) is 25.9 Å². The molecule has 6 nitrogen and oxygen atoms in total. The number of carbonyl (C=O) groups excluding carboxylic acids is 1. The average molecular weight is 399 g/mol. The number of amides is 1. The van der Waals surface area contributed by atoms with Gasteiger partial charge >= 0.3 is 0 Å². The maximum atomic E-state index is 12.7. The minimum Gasteiger partial charge on any atom is -0.452 e. The van der Waals surface area contributed by atoms with Crippen molar-refractivity contribution in [1.29, 1.82) is 0 Å². The summed E-state index contributed by atoms with van der Waals surface area (Å²) in [6.07, 6.45) is 6.60. The zero-order valence-corrected chi connectivity index (χ0v) is 16.9. The third-order valence-corrected chi connectivity index (χ3v) is 6.48. The van der Waals surface area contributed by atoms with Gasteiger partial charge < -0.3 is 19.1 Å². The number of ether oxygens (including phenoxy) is 3. The van der Waals surface area contributed by atoms with E-state index in [0.29, 0.717) is 12.3 Å². The van der Waals surface area contributed by atoms with Crippen LogP contribution in [0.1, 0.15) is 37.2 Å². The highest BCUT2D eigenvalue weighted by Gasteiger charge is 2.40. The number of hydrogen-bond donors (Lipinski definition) is 0. The summed E-state index contributed by atoms with van der Waals surface area (Å²) >= 11 is 0. The summed E-state index contributed by atoms with van der Waals surface area (Å²) in [5.74, 6) is 1.94. The topological polar surface area (TPSA) is 51.2 Å². The van der Waals surface area contributed by atoms with Crippen molar-refractivity contribution in [2.45, 2.75) is 43.7 Å². The highest BCUT2D eigenvalue weighted by molar-refractivity contribution is 5.94. The first-order valence-corrected chi connectivity index (χ1v) is 11.0. The van der Waals surface area contributed by atoms with Crippen LogP contribution in [0.2, 0.25) is 0 Å². The molecule has 0 radical (unpaired) electrons. The molecule has 5 rings (SSSR count). The van der Waals surface area contributed by atoms with Crippen molar-refractivity contribution in [2.75, 3.05) is 46.0 Å². The van der Waals surface area contributed by atoms with Crippen LogP contribution >= 0.6 is 0 Å². The molecule has 1 aromatic carbocycles. The molecule has 4 aliphatic rings. The van der Waals surface area contributed by atoms with E-state index in [1.165, 1.54) is 18.4 Å². The summed E-state index contributed by atoms with van der Waals surface area (Å²) in [6, 6.07) is 8.47. The van der Waals surface area contributed by atoms with Gasteiger partial charge in [-0.25, -0.2) is 0 Å². The SMILES string of the molecule is O=C1C(Oc2ccc(C3CC3)cc2)=CCN1[C@H]1C[C@@H](OCCN2CCOCC2)C1. The summed E-state index contributed by atoms with van der Waals surface area (Å²) in [6.45, 7) is 6.00. The van der Waals surface area contributed by atoms with Gasteiger partial charge in [0.2, 0.25) is 0 Å². The third-order valence-electron chi connectivity index (χ3n) is 6.48. The molecular weight excluding hydrogens is 368 g/mol. The number of benzene rings is 1. The lowest BCUT2D eigenvalue weighted by molar-refractivity contribution is -0.135. The van der Waals surface area contributed by atoms with Crippen LogP contribution in [0.3, 0.4) is 0 Å². The molecular formula is C23H30N2O4. The molecule has 2 heterocycles. The summed E-state index contributed by atoms with van der Waals surface area (Å²) in [5.41, 5.74) is 1.37. The van der Waals surface area contributed by atoms with Gasteiger partial charge in [-0.15, -0.1) is 0 Å². The monoisotopic (exact) mass is 398 g/mol. The smallest absolute Gasteiger partial charge is 0.289 e. The molecule has 0 spiro atoms. The van der Waals surface area contributed by atoms with E-state index in [1.54, 1.807) is 0 Å². The summed E-state index contributed by atoms with van der Waals surface area (Å²) < 4.78 is 17.2. The second-order valence-electron chi connectivity index (χ2n) is 8.54. The van der Waals surface area contributed by atoms with Crippen molar-refractivity contribution in [1.82, 2.24) is 9.80 Å². The molecule has 6 heteroatoms. The molecule has 1 aromatic rings. The van der Waals surface area contributed by atoms with Crippen molar-refractivity contribution in [3.63, 3.8) is 0 Å². The lowest BCUT2D eigenvalue weighted by Gasteiger charge is -2.41. The number of carbonyl (C=O) groups is 1. The quantitative estimate of drug-likeness (QED) is 0.674. The second-order valence-corrected chi connectivity index (χ2v) is 8.54. The van der Waals surface area contributed by atoms with E-state index in [0.717, 1.165) is 64.0 Å². The van der Waals surface area contributed by atoms with Crippen molar-refractivity contribution in [3.05, 3.63) is 41.7 Å². The molecule has 1 amide bonds. The number of rotatable bonds is 8. The first-order chi connectivity index (χ1) is 14.3. The van der Waals surface area contributed by atoms with Gasteiger partial charge in [-0.1, -0.05) is 12.1 Å². The van der Waals surface area contributed by atoms with Crippen LogP contribution in [-0.4, -0.2) is 73.9 Å². The highest BCUT2D eigenvalue weighted by atomic mass is 16.5. The Labute approximate surface area is 172 Å². The summed E-state index contributed by atoms with van der Waals surface area (Å²) in [5, 5.41) is 0. The van der Waals surface area contributed by atoms with Crippen LogP contribution in [0.15, 0.2) is 36.1 Å². The molecule has 2 aliphatic heterocycles. The Hall–Kier alpha value is -1.89. The predicted molar refractivity (Wildman–Crippen MR) is 109 cm³/mol. The lowest BCUT2D eigenvalue weighted by atomic mass is 9.88. The van der Waals surface area contributed by atoms with Gasteiger partial charge in [-0.2, -0.15) is 0 Å². The molecule has 156 valence electrons. The highest BCUT2D eigenvalue weighted by Crippen LogP contribution is 2.40. The number of morpholine rings is 1. The molecule has 0 bridgehead atoms. The lowest BCUT2D eigenvalue weighted by Crippen LogP contribution is -2.50. The third kappa shape index (κ3) is 4.49. The maximum absolute atomic E-state index is 12.7. The van der Waals surface area contributed by atoms with Crippen LogP contribution in [0.5, 0.6) is 5.75 Å². The minimum atomic E-state index is 0.00744. The molecule has 0 unspecified atom stereocenters. The fourth-order valence-electron chi connectivity index (χ4n) is 4.35. The van der Waals surface area contributed by atoms with Crippen molar-refractivity contribution >= 4 is 5.91 Å². The van der Waals surface area contributed by atoms with Crippen LogP contribution < -0.4 is 4.74 Å². The summed E-state index contributed by atoms with van der Waals surface area (Å²) in [4.78, 5) is 17.0. The second kappa shape index (κ2) is 8.46. The van der Waals surface area contributed by atoms with E-state index < -0.39 is 0 Å². The molecule has 0 aromatic heterocycles. The average Bonchev–Trinajstić information content (AvgIpc) is 3.51. The molecule has 2 saturated carbocycles. The van der Waals surface area contributed by atoms with E-state index in [2.05, 4.69) is 17.0 Å². The van der Waals surface area contributed by atoms with E-state index >= 15 is 0 Å². The van der Waals surface area contributed by atoms with Crippen LogP contribution in [0.25, 0.3) is 0 Å². The Balaban J connectivity index is 1.03. The zero-order chi connectivity index (χ0) is 19.6. The van der Waals surface area contributed by atoms with E-state index in [4.69, 9.17) is 14.2 Å². The van der Waals surface area contributed by atoms with Crippen molar-refractivity contribution < 1.29 is 19.0 Å². The van der Waals surface area contributed by atoms with Crippen LogP contribution in [-0.2, 0) is 14.3 Å². The van der Waals surface area contributed by atoms with Gasteiger partial charge in [0.1, 0.15) is 5.75 Å². The Morgan fingerprint density at radius 3 is 2.55 bits per heavy atom. The van der Waals surface area contributed by atoms with Gasteiger partial charge in [0.25, 0.3) is 5.91 Å². The molecule has 0 N–H and O–H groups in total. The fourth-order valence-corrected chi connectivity index (χ4v) is 4.35. The van der Waals surface area contributed by atoms with Crippen molar-refractivity contribution in [2.24, 2.45) is 0 Å². The first kappa shape index (κ1) is 19.1. The van der Waals surface area contributed by atoms with E-state index in [9.17, 15) is 4.79 Å². The first-order valence-electron chi connectivity index (χ1n) is 11.0. The number of nitrogens with zero attached hydrogens (tertiary/aromatic N) is 2. The van der Waals surface area contributed by atoms with Crippen molar-refractivity contribution in [3.8, 4) is 5.75 Å². The standard InChI is InChI=1S/C23H30N2O4/c26-23-22(29-20-5-3-18(4-6-20)17-1-2-17)7-8-25(23)19-15-21(16-19)28-14-11-24-9-12-27-13-10-24/h3-7,17,19,21H,1-2,8-16H2/t19-,21+. The number of hydrogen-bond acceptors (Lipinski definition) is 5. The molecule has 2 aliphatic carbocycles. The molecule has 3 fully saturated rings. The maximum Gasteiger partial charge on any atom is 0.289 e. The normalized spacial score (nSPS) is 27.7. The van der Waals surface area contributed by atoms with E-state index in [-0.39, 0.29) is 18.1 Å². The predicted octanol–water partition coefficient (Wildman–Crippen LogP) is 2.55. The fraction of sp³-hybridized carbons (Fsp3) is 0.609. The molecule has 29 heavy (non-hydrogen) atoms. The van der Waals surface area contributed by atoms with Gasteiger partial charge in [0, 0.05) is 32.2 Å². The van der Waals surface area contributed by atoms with Gasteiger partial charge in [-0.3, -0.25) is 9.69 Å². The Morgan fingerprint density at radius 2 is 1.83 bits per heavy atom. The van der Waals surface area contributed by atoms with Gasteiger partial charge in [-0.05, 0) is 55.4 Å². The molecule has 0 atom stereocenters. The minimum absolute atomic E-state index is 0.00744. The molecule has 1 saturated heterocycles. The summed E-state index contributed by atoms with van der Waals surface area (Å²) in [7, 11) is 0. The Morgan fingerprint density at radius 1 is 1.07 bits per heavy atom. The van der Waals surface area contributed by atoms with E-state index in [1.807, 2.05) is 23.1 Å². The Bertz CT molecular complexity index is 747. The van der Waals surface area contributed by atoms with Crippen LogP contribution in [0.4, 0.5) is 0 Å².